The van der Waals surface area contributed by atoms with Gasteiger partial charge in [-0.3, -0.25) is 0 Å². The van der Waals surface area contributed by atoms with Crippen molar-refractivity contribution in [2.24, 2.45) is 5.92 Å². The smallest absolute Gasteiger partial charge is 0.330 e. The highest BCUT2D eigenvalue weighted by molar-refractivity contribution is 5.81. The summed E-state index contributed by atoms with van der Waals surface area (Å²) in [6.45, 7) is 3.52. The Balaban J connectivity index is 2.12. The average Bonchev–Trinajstić information content (AvgIpc) is 2.51. The first-order valence-corrected chi connectivity index (χ1v) is 7.09. The Morgan fingerprint density at radius 1 is 1.12 bits per heavy atom. The molecule has 0 spiro atoms. The SMILES string of the molecule is C=CC(=O)OC12CCCCCC(CCCC1)C2. The van der Waals surface area contributed by atoms with Crippen LogP contribution in [0.2, 0.25) is 0 Å². The number of carbonyl (C=O) groups is 1. The maximum atomic E-state index is 11.5. The van der Waals surface area contributed by atoms with Gasteiger partial charge in [0, 0.05) is 6.08 Å². The van der Waals surface area contributed by atoms with Crippen molar-refractivity contribution in [3.8, 4) is 0 Å². The zero-order valence-electron chi connectivity index (χ0n) is 10.7. The summed E-state index contributed by atoms with van der Waals surface area (Å²) in [6, 6.07) is 0. The van der Waals surface area contributed by atoms with E-state index in [1.54, 1.807) is 0 Å². The minimum Gasteiger partial charge on any atom is -0.456 e. The van der Waals surface area contributed by atoms with Crippen LogP contribution in [0.15, 0.2) is 12.7 Å². The molecule has 0 N–H and O–H groups in total. The van der Waals surface area contributed by atoms with Crippen LogP contribution < -0.4 is 0 Å². The van der Waals surface area contributed by atoms with E-state index in [0.717, 1.165) is 25.2 Å². The van der Waals surface area contributed by atoms with Crippen LogP contribution in [-0.4, -0.2) is 11.6 Å². The van der Waals surface area contributed by atoms with Gasteiger partial charge in [0.2, 0.25) is 0 Å². The third-order valence-electron chi connectivity index (χ3n) is 4.38. The lowest BCUT2D eigenvalue weighted by atomic mass is 9.80. The highest BCUT2D eigenvalue weighted by Crippen LogP contribution is 2.41. The molecule has 2 saturated carbocycles. The maximum absolute atomic E-state index is 11.5. The fourth-order valence-electron chi connectivity index (χ4n) is 3.54. The summed E-state index contributed by atoms with van der Waals surface area (Å²) in [5.74, 6) is 0.543. The Morgan fingerprint density at radius 3 is 2.47 bits per heavy atom. The molecular weight excluding hydrogens is 212 g/mol. The number of carbonyl (C=O) groups excluding carboxylic acids is 1. The van der Waals surface area contributed by atoms with Crippen molar-refractivity contribution in [3.63, 3.8) is 0 Å². The monoisotopic (exact) mass is 236 g/mol. The van der Waals surface area contributed by atoms with E-state index < -0.39 is 0 Å². The van der Waals surface area contributed by atoms with Crippen LogP contribution in [0, 0.1) is 5.92 Å². The molecule has 96 valence electrons. The second-order valence-electron chi connectivity index (χ2n) is 5.72. The third-order valence-corrected chi connectivity index (χ3v) is 4.38. The van der Waals surface area contributed by atoms with Gasteiger partial charge in [-0.25, -0.2) is 4.79 Å². The predicted molar refractivity (Wildman–Crippen MR) is 68.7 cm³/mol. The van der Waals surface area contributed by atoms with Gasteiger partial charge < -0.3 is 4.74 Å². The number of fused-ring (bicyclic) bond motifs is 2. The van der Waals surface area contributed by atoms with Crippen molar-refractivity contribution >= 4 is 5.97 Å². The van der Waals surface area contributed by atoms with E-state index in [1.165, 1.54) is 51.0 Å². The highest BCUT2D eigenvalue weighted by Gasteiger charge is 2.38. The first kappa shape index (κ1) is 12.7. The first-order valence-electron chi connectivity index (χ1n) is 7.09. The minimum absolute atomic E-state index is 0.160. The summed E-state index contributed by atoms with van der Waals surface area (Å²) >= 11 is 0. The Bertz CT molecular complexity index is 285. The van der Waals surface area contributed by atoms with Crippen LogP contribution in [0.5, 0.6) is 0 Å². The molecule has 17 heavy (non-hydrogen) atoms. The van der Waals surface area contributed by atoms with E-state index in [4.69, 9.17) is 4.74 Å². The van der Waals surface area contributed by atoms with E-state index in [1.807, 2.05) is 0 Å². The summed E-state index contributed by atoms with van der Waals surface area (Å²) < 4.78 is 5.76. The van der Waals surface area contributed by atoms with Crippen molar-refractivity contribution in [3.05, 3.63) is 12.7 Å². The zero-order chi connectivity index (χ0) is 12.1. The van der Waals surface area contributed by atoms with Crippen molar-refractivity contribution in [2.45, 2.75) is 69.8 Å². The lowest BCUT2D eigenvalue weighted by Crippen LogP contribution is -2.36. The quantitative estimate of drug-likeness (QED) is 0.535. The van der Waals surface area contributed by atoms with Crippen LogP contribution >= 0.6 is 0 Å². The van der Waals surface area contributed by atoms with Crippen LogP contribution in [-0.2, 0) is 9.53 Å². The van der Waals surface area contributed by atoms with Gasteiger partial charge in [0.1, 0.15) is 5.60 Å². The van der Waals surface area contributed by atoms with Gasteiger partial charge in [-0.05, 0) is 38.0 Å². The van der Waals surface area contributed by atoms with Gasteiger partial charge in [0.25, 0.3) is 0 Å². The second kappa shape index (κ2) is 5.70. The van der Waals surface area contributed by atoms with E-state index in [9.17, 15) is 4.79 Å². The molecule has 0 saturated heterocycles. The number of hydrogen-bond donors (Lipinski definition) is 0. The van der Waals surface area contributed by atoms with Gasteiger partial charge >= 0.3 is 5.97 Å². The summed E-state index contributed by atoms with van der Waals surface area (Å²) in [7, 11) is 0. The third kappa shape index (κ3) is 3.34. The van der Waals surface area contributed by atoms with E-state index in [2.05, 4.69) is 6.58 Å². The molecule has 0 aromatic rings. The van der Waals surface area contributed by atoms with Crippen LogP contribution in [0.1, 0.15) is 64.2 Å². The lowest BCUT2D eigenvalue weighted by molar-refractivity contribution is -0.157. The van der Waals surface area contributed by atoms with Gasteiger partial charge in [-0.2, -0.15) is 0 Å². The second-order valence-corrected chi connectivity index (χ2v) is 5.72. The number of hydrogen-bond acceptors (Lipinski definition) is 2. The van der Waals surface area contributed by atoms with Crippen molar-refractivity contribution in [1.82, 2.24) is 0 Å². The molecule has 0 heterocycles. The number of esters is 1. The molecule has 2 aliphatic carbocycles. The molecule has 2 heteroatoms. The van der Waals surface area contributed by atoms with E-state index in [0.29, 0.717) is 0 Å². The molecule has 0 aliphatic heterocycles. The lowest BCUT2D eigenvalue weighted by Gasteiger charge is -2.36. The van der Waals surface area contributed by atoms with E-state index >= 15 is 0 Å². The molecule has 0 aromatic heterocycles. The van der Waals surface area contributed by atoms with Gasteiger partial charge in [0.05, 0.1) is 0 Å². The first-order chi connectivity index (χ1) is 8.24. The standard InChI is InChI=1S/C15H24O2/c1-2-14(16)17-15-10-6-3-4-8-13(12-15)9-5-7-11-15/h2,13H,1,3-12H2. The molecular formula is C15H24O2. The molecule has 2 atom stereocenters. The molecule has 2 aliphatic rings. The topological polar surface area (TPSA) is 26.3 Å². The minimum atomic E-state index is -0.230. The highest BCUT2D eigenvalue weighted by atomic mass is 16.6. The molecule has 2 unspecified atom stereocenters. The van der Waals surface area contributed by atoms with Gasteiger partial charge in [0.15, 0.2) is 0 Å². The number of rotatable bonds is 2. The Hall–Kier alpha value is -0.790. The fraction of sp³-hybridized carbons (Fsp3) is 0.800. The summed E-state index contributed by atoms with van der Waals surface area (Å²) in [5.41, 5.74) is -0.160. The van der Waals surface area contributed by atoms with Gasteiger partial charge in [-0.15, -0.1) is 0 Å². The summed E-state index contributed by atoms with van der Waals surface area (Å²) in [6.07, 6.45) is 13.5. The number of ether oxygens (including phenoxy) is 1. The Labute approximate surface area is 104 Å². The largest absolute Gasteiger partial charge is 0.456 e. The molecule has 0 amide bonds. The zero-order valence-corrected chi connectivity index (χ0v) is 10.7. The Kier molecular flexibility index (Phi) is 4.25. The van der Waals surface area contributed by atoms with Crippen LogP contribution in [0.4, 0.5) is 0 Å². The Morgan fingerprint density at radius 2 is 1.76 bits per heavy atom. The summed E-state index contributed by atoms with van der Waals surface area (Å²) in [4.78, 5) is 11.5. The molecule has 2 bridgehead atoms. The van der Waals surface area contributed by atoms with E-state index in [-0.39, 0.29) is 11.6 Å². The van der Waals surface area contributed by atoms with Crippen molar-refractivity contribution < 1.29 is 9.53 Å². The predicted octanol–water partition coefficient (Wildman–Crippen LogP) is 4.00. The molecule has 2 nitrogen and oxygen atoms in total. The van der Waals surface area contributed by atoms with Gasteiger partial charge in [-0.1, -0.05) is 38.7 Å². The van der Waals surface area contributed by atoms with Crippen molar-refractivity contribution in [2.75, 3.05) is 0 Å². The molecule has 2 fully saturated rings. The molecule has 2 rings (SSSR count). The van der Waals surface area contributed by atoms with Crippen LogP contribution in [0.3, 0.4) is 0 Å². The maximum Gasteiger partial charge on any atom is 0.330 e. The normalized spacial score (nSPS) is 34.0. The summed E-state index contributed by atoms with van der Waals surface area (Å²) in [5, 5.41) is 0. The fourth-order valence-corrected chi connectivity index (χ4v) is 3.54. The average molecular weight is 236 g/mol. The molecule has 0 aromatic carbocycles. The molecule has 0 radical (unpaired) electrons. The van der Waals surface area contributed by atoms with Crippen molar-refractivity contribution in [1.29, 1.82) is 0 Å². The van der Waals surface area contributed by atoms with Crippen LogP contribution in [0.25, 0.3) is 0 Å².